The number of hydrogen-bond acceptors (Lipinski definition) is 4. The molecular weight excluding hydrogens is 364 g/mol. The van der Waals surface area contributed by atoms with E-state index in [-0.39, 0.29) is 16.9 Å². The lowest BCUT2D eigenvalue weighted by Crippen LogP contribution is -2.20. The number of rotatable bonds is 6. The molecule has 0 saturated heterocycles. The quantitative estimate of drug-likeness (QED) is 0.793. The second-order valence-electron chi connectivity index (χ2n) is 6.69. The van der Waals surface area contributed by atoms with E-state index in [9.17, 15) is 13.2 Å². The topological polar surface area (TPSA) is 84.5 Å². The van der Waals surface area contributed by atoms with Crippen molar-refractivity contribution < 1.29 is 17.9 Å². The predicted octanol–water partition coefficient (Wildman–Crippen LogP) is 3.48. The number of ether oxygens (including phenoxy) is 1. The summed E-state index contributed by atoms with van der Waals surface area (Å²) in [5.41, 5.74) is 1.64. The first-order valence-electron chi connectivity index (χ1n) is 9.01. The summed E-state index contributed by atoms with van der Waals surface area (Å²) in [5.74, 6) is 0.434. The van der Waals surface area contributed by atoms with E-state index in [0.29, 0.717) is 16.8 Å². The van der Waals surface area contributed by atoms with Gasteiger partial charge in [0.1, 0.15) is 5.75 Å². The molecule has 6 nitrogen and oxygen atoms in total. The van der Waals surface area contributed by atoms with Crippen LogP contribution in [0.3, 0.4) is 0 Å². The maximum Gasteiger partial charge on any atom is 0.255 e. The van der Waals surface area contributed by atoms with Gasteiger partial charge in [-0.3, -0.25) is 4.79 Å². The summed E-state index contributed by atoms with van der Waals surface area (Å²) in [4.78, 5) is 12.7. The van der Waals surface area contributed by atoms with Crippen molar-refractivity contribution >= 4 is 21.6 Å². The van der Waals surface area contributed by atoms with Crippen LogP contribution >= 0.6 is 0 Å². The zero-order valence-corrected chi connectivity index (χ0v) is 16.3. The van der Waals surface area contributed by atoms with Gasteiger partial charge in [-0.1, -0.05) is 6.07 Å². The second-order valence-corrected chi connectivity index (χ2v) is 8.57. The largest absolute Gasteiger partial charge is 0.490 e. The highest BCUT2D eigenvalue weighted by atomic mass is 32.2. The first kappa shape index (κ1) is 19.4. The molecule has 0 aromatic heterocycles. The minimum Gasteiger partial charge on any atom is -0.490 e. The highest BCUT2D eigenvalue weighted by Gasteiger charge is 2.18. The van der Waals surface area contributed by atoms with Gasteiger partial charge in [-0.25, -0.2) is 13.1 Å². The Morgan fingerprint density at radius 3 is 2.37 bits per heavy atom. The summed E-state index contributed by atoms with van der Waals surface area (Å²) < 4.78 is 32.1. The molecule has 0 spiro atoms. The van der Waals surface area contributed by atoms with Gasteiger partial charge in [0.05, 0.1) is 11.0 Å². The van der Waals surface area contributed by atoms with E-state index < -0.39 is 10.0 Å². The van der Waals surface area contributed by atoms with Gasteiger partial charge in [0.2, 0.25) is 10.0 Å². The van der Waals surface area contributed by atoms with Crippen molar-refractivity contribution in [2.45, 2.75) is 43.6 Å². The van der Waals surface area contributed by atoms with Crippen molar-refractivity contribution in [3.63, 3.8) is 0 Å². The molecule has 0 unspecified atom stereocenters. The van der Waals surface area contributed by atoms with Crippen LogP contribution in [0.5, 0.6) is 5.75 Å². The van der Waals surface area contributed by atoms with E-state index in [1.54, 1.807) is 25.1 Å². The van der Waals surface area contributed by atoms with E-state index in [1.807, 2.05) is 12.1 Å². The van der Waals surface area contributed by atoms with Crippen molar-refractivity contribution in [2.24, 2.45) is 0 Å². The second kappa shape index (κ2) is 8.10. The van der Waals surface area contributed by atoms with Gasteiger partial charge < -0.3 is 10.1 Å². The Kier molecular flexibility index (Phi) is 5.82. The number of benzene rings is 2. The smallest absolute Gasteiger partial charge is 0.255 e. The Morgan fingerprint density at radius 1 is 1.07 bits per heavy atom. The molecule has 0 heterocycles. The van der Waals surface area contributed by atoms with Gasteiger partial charge in [0.25, 0.3) is 5.91 Å². The molecule has 0 aliphatic heterocycles. The number of carbonyl (C=O) groups excluding carboxylic acids is 1. The van der Waals surface area contributed by atoms with Gasteiger partial charge in [-0.2, -0.15) is 0 Å². The molecule has 0 atom stereocenters. The molecule has 3 rings (SSSR count). The lowest BCUT2D eigenvalue weighted by atomic mass is 10.1. The maximum absolute atomic E-state index is 12.6. The fourth-order valence-corrected chi connectivity index (χ4v) is 3.90. The van der Waals surface area contributed by atoms with Crippen molar-refractivity contribution in [1.29, 1.82) is 0 Å². The third-order valence-corrected chi connectivity index (χ3v) is 6.16. The number of sulfonamides is 1. The SMILES string of the molecule is CNS(=O)(=O)c1ccc(C)c(C(=O)Nc2ccc(OC3CCCC3)cc2)c1. The molecular formula is C20H24N2O4S. The lowest BCUT2D eigenvalue weighted by molar-refractivity contribution is 0.102. The molecule has 1 saturated carbocycles. The number of anilines is 1. The highest BCUT2D eigenvalue weighted by molar-refractivity contribution is 7.89. The minimum absolute atomic E-state index is 0.0565. The van der Waals surface area contributed by atoms with E-state index >= 15 is 0 Å². The molecule has 0 bridgehead atoms. The van der Waals surface area contributed by atoms with Gasteiger partial charge in [0, 0.05) is 11.3 Å². The molecule has 1 aliphatic rings. The van der Waals surface area contributed by atoms with Crippen LogP contribution in [0, 0.1) is 6.92 Å². The van der Waals surface area contributed by atoms with Crippen LogP contribution in [-0.2, 0) is 10.0 Å². The van der Waals surface area contributed by atoms with Crippen molar-refractivity contribution in [2.75, 3.05) is 12.4 Å². The van der Waals surface area contributed by atoms with E-state index in [0.717, 1.165) is 18.6 Å². The summed E-state index contributed by atoms with van der Waals surface area (Å²) >= 11 is 0. The molecule has 27 heavy (non-hydrogen) atoms. The number of hydrogen-bond donors (Lipinski definition) is 2. The number of aryl methyl sites for hydroxylation is 1. The molecule has 2 aromatic rings. The van der Waals surface area contributed by atoms with Crippen LogP contribution in [0.4, 0.5) is 5.69 Å². The van der Waals surface area contributed by atoms with Gasteiger partial charge in [0.15, 0.2) is 0 Å². The van der Waals surface area contributed by atoms with E-state index in [2.05, 4.69) is 10.0 Å². The zero-order valence-electron chi connectivity index (χ0n) is 15.5. The average Bonchev–Trinajstić information content (AvgIpc) is 3.16. The third kappa shape index (κ3) is 4.67. The molecule has 1 fully saturated rings. The molecule has 1 amide bonds. The van der Waals surface area contributed by atoms with Crippen LogP contribution in [0.15, 0.2) is 47.4 Å². The van der Waals surface area contributed by atoms with Gasteiger partial charge in [-0.05, 0) is 81.6 Å². The third-order valence-electron chi connectivity index (χ3n) is 4.75. The molecule has 7 heteroatoms. The van der Waals surface area contributed by atoms with Gasteiger partial charge >= 0.3 is 0 Å². The lowest BCUT2D eigenvalue weighted by Gasteiger charge is -2.14. The Hall–Kier alpha value is -2.38. The average molecular weight is 388 g/mol. The predicted molar refractivity (Wildman–Crippen MR) is 105 cm³/mol. The molecule has 2 aromatic carbocycles. The number of carbonyl (C=O) groups is 1. The van der Waals surface area contributed by atoms with E-state index in [1.165, 1.54) is 32.0 Å². The first-order valence-corrected chi connectivity index (χ1v) is 10.5. The van der Waals surface area contributed by atoms with Crippen LogP contribution in [-0.4, -0.2) is 27.5 Å². The standard InChI is InChI=1S/C20H24N2O4S/c1-14-7-12-18(27(24,25)21-2)13-19(14)20(23)22-15-8-10-17(11-9-15)26-16-5-3-4-6-16/h7-13,16,21H,3-6H2,1-2H3,(H,22,23). The van der Waals surface area contributed by atoms with Crippen molar-refractivity contribution in [3.8, 4) is 5.75 Å². The summed E-state index contributed by atoms with van der Waals surface area (Å²) in [6, 6.07) is 11.7. The Balaban J connectivity index is 1.72. The fraction of sp³-hybridized carbons (Fsp3) is 0.350. The molecule has 0 radical (unpaired) electrons. The number of amides is 1. The van der Waals surface area contributed by atoms with Gasteiger partial charge in [-0.15, -0.1) is 0 Å². The Labute approximate surface area is 160 Å². The van der Waals surface area contributed by atoms with Crippen LogP contribution in [0.1, 0.15) is 41.6 Å². The molecule has 144 valence electrons. The summed E-state index contributed by atoms with van der Waals surface area (Å²) in [6.07, 6.45) is 4.87. The van der Waals surface area contributed by atoms with Crippen molar-refractivity contribution in [3.05, 3.63) is 53.6 Å². The fourth-order valence-electron chi connectivity index (χ4n) is 3.14. The van der Waals surface area contributed by atoms with Crippen molar-refractivity contribution in [1.82, 2.24) is 4.72 Å². The Morgan fingerprint density at radius 2 is 1.74 bits per heavy atom. The maximum atomic E-state index is 12.6. The highest BCUT2D eigenvalue weighted by Crippen LogP contribution is 2.25. The number of nitrogens with one attached hydrogen (secondary N) is 2. The minimum atomic E-state index is -3.61. The zero-order chi connectivity index (χ0) is 19.4. The van der Waals surface area contributed by atoms with Crippen LogP contribution in [0.2, 0.25) is 0 Å². The monoisotopic (exact) mass is 388 g/mol. The van der Waals surface area contributed by atoms with E-state index in [4.69, 9.17) is 4.74 Å². The summed E-state index contributed by atoms with van der Waals surface area (Å²) in [5, 5.41) is 2.81. The normalized spacial score (nSPS) is 14.9. The molecule has 1 aliphatic carbocycles. The summed E-state index contributed by atoms with van der Waals surface area (Å²) in [6.45, 7) is 1.77. The first-order chi connectivity index (χ1) is 12.9. The van der Waals surface area contributed by atoms with Crippen LogP contribution in [0.25, 0.3) is 0 Å². The van der Waals surface area contributed by atoms with Crippen LogP contribution < -0.4 is 14.8 Å². The Bertz CT molecular complexity index is 917. The summed E-state index contributed by atoms with van der Waals surface area (Å²) in [7, 11) is -2.27. The molecule has 2 N–H and O–H groups in total.